The molecule has 4 aromatic rings. The molecule has 2 N–H and O–H groups in total. The number of aromatic amines is 1. The SMILES string of the molecule is C[C](C)CC1(c2ccc(-c3nc4c(cc3-c3ccccc3)-c3n[nH]c(O)c3CC4)cc2)CCC1. The Labute approximate surface area is 201 Å². The summed E-state index contributed by atoms with van der Waals surface area (Å²) < 4.78 is 0. The van der Waals surface area contributed by atoms with E-state index in [1.54, 1.807) is 0 Å². The van der Waals surface area contributed by atoms with Gasteiger partial charge in [-0.1, -0.05) is 74.9 Å². The molecule has 2 aromatic carbocycles. The molecule has 6 rings (SSSR count). The third-order valence-electron chi connectivity index (χ3n) is 7.67. The predicted molar refractivity (Wildman–Crippen MR) is 137 cm³/mol. The topological polar surface area (TPSA) is 61.8 Å². The van der Waals surface area contributed by atoms with Crippen molar-refractivity contribution in [3.05, 3.63) is 83.4 Å². The Hall–Kier alpha value is -3.40. The first-order chi connectivity index (χ1) is 16.5. The highest BCUT2D eigenvalue weighted by Gasteiger charge is 2.39. The van der Waals surface area contributed by atoms with E-state index in [2.05, 4.69) is 78.6 Å². The van der Waals surface area contributed by atoms with Crippen molar-refractivity contribution in [1.82, 2.24) is 15.2 Å². The molecule has 4 nitrogen and oxygen atoms in total. The summed E-state index contributed by atoms with van der Waals surface area (Å²) in [5, 5.41) is 17.3. The Morgan fingerprint density at radius 3 is 2.35 bits per heavy atom. The fourth-order valence-electron chi connectivity index (χ4n) is 5.89. The lowest BCUT2D eigenvalue weighted by Gasteiger charge is -2.44. The Balaban J connectivity index is 1.46. The molecule has 1 radical (unpaired) electrons. The Morgan fingerprint density at radius 2 is 1.68 bits per heavy atom. The van der Waals surface area contributed by atoms with Gasteiger partial charge in [0.25, 0.3) is 0 Å². The molecule has 2 aliphatic carbocycles. The molecule has 2 aliphatic rings. The van der Waals surface area contributed by atoms with E-state index in [-0.39, 0.29) is 5.88 Å². The van der Waals surface area contributed by atoms with E-state index in [0.717, 1.165) is 57.7 Å². The molecule has 34 heavy (non-hydrogen) atoms. The molecule has 4 heteroatoms. The number of nitrogens with zero attached hydrogens (tertiary/aromatic N) is 2. The molecule has 1 saturated carbocycles. The van der Waals surface area contributed by atoms with Gasteiger partial charge in [-0.3, -0.25) is 4.98 Å². The van der Waals surface area contributed by atoms with Crippen LogP contribution in [0.25, 0.3) is 33.6 Å². The number of hydrogen-bond donors (Lipinski definition) is 2. The first kappa shape index (κ1) is 21.2. The minimum atomic E-state index is 0.172. The van der Waals surface area contributed by atoms with Gasteiger partial charge in [-0.15, -0.1) is 0 Å². The number of H-pyrrole nitrogens is 1. The van der Waals surface area contributed by atoms with Gasteiger partial charge in [0.15, 0.2) is 0 Å². The van der Waals surface area contributed by atoms with Crippen LogP contribution in [0.1, 0.15) is 56.4 Å². The number of fused-ring (bicyclic) bond motifs is 3. The van der Waals surface area contributed by atoms with Gasteiger partial charge >= 0.3 is 0 Å². The Bertz CT molecular complexity index is 1330. The molecule has 0 atom stereocenters. The summed E-state index contributed by atoms with van der Waals surface area (Å²) >= 11 is 0. The molecule has 1 fully saturated rings. The Morgan fingerprint density at radius 1 is 0.912 bits per heavy atom. The molecular formula is C30H30N3O. The monoisotopic (exact) mass is 448 g/mol. The lowest BCUT2D eigenvalue weighted by atomic mass is 9.61. The number of hydrogen-bond acceptors (Lipinski definition) is 3. The third-order valence-corrected chi connectivity index (χ3v) is 7.67. The summed E-state index contributed by atoms with van der Waals surface area (Å²) in [4.78, 5) is 5.20. The number of aromatic nitrogens is 3. The van der Waals surface area contributed by atoms with Crippen LogP contribution in [0.4, 0.5) is 0 Å². The van der Waals surface area contributed by atoms with Gasteiger partial charge in [-0.2, -0.15) is 5.10 Å². The maximum Gasteiger partial charge on any atom is 0.210 e. The van der Waals surface area contributed by atoms with Crippen molar-refractivity contribution in [2.24, 2.45) is 0 Å². The molecule has 0 amide bonds. The van der Waals surface area contributed by atoms with E-state index < -0.39 is 0 Å². The first-order valence-electron chi connectivity index (χ1n) is 12.3. The van der Waals surface area contributed by atoms with Crippen LogP contribution in [0, 0.1) is 5.92 Å². The highest BCUT2D eigenvalue weighted by atomic mass is 16.3. The maximum atomic E-state index is 10.2. The van der Waals surface area contributed by atoms with E-state index in [1.807, 2.05) is 6.07 Å². The summed E-state index contributed by atoms with van der Waals surface area (Å²) in [7, 11) is 0. The molecule has 2 aromatic heterocycles. The van der Waals surface area contributed by atoms with Crippen LogP contribution in [-0.4, -0.2) is 20.3 Å². The van der Waals surface area contributed by atoms with Crippen molar-refractivity contribution in [2.75, 3.05) is 0 Å². The molecule has 171 valence electrons. The van der Waals surface area contributed by atoms with Gasteiger partial charge in [0.2, 0.25) is 5.88 Å². The second-order valence-electron chi connectivity index (χ2n) is 10.2. The fourth-order valence-corrected chi connectivity index (χ4v) is 5.89. The summed E-state index contributed by atoms with van der Waals surface area (Å²) in [6.45, 7) is 4.50. The first-order valence-corrected chi connectivity index (χ1v) is 12.3. The number of rotatable bonds is 5. The normalized spacial score (nSPS) is 16.1. The molecular weight excluding hydrogens is 418 g/mol. The van der Waals surface area contributed by atoms with Crippen LogP contribution in [0.15, 0.2) is 60.7 Å². The number of pyridine rings is 1. The largest absolute Gasteiger partial charge is 0.493 e. The number of benzene rings is 2. The van der Waals surface area contributed by atoms with Gasteiger partial charge in [-0.25, -0.2) is 5.10 Å². The highest BCUT2D eigenvalue weighted by Crippen LogP contribution is 2.49. The molecule has 0 aliphatic heterocycles. The quantitative estimate of drug-likeness (QED) is 0.344. The second kappa shape index (κ2) is 8.12. The van der Waals surface area contributed by atoms with Crippen molar-refractivity contribution >= 4 is 0 Å². The van der Waals surface area contributed by atoms with Crippen molar-refractivity contribution in [1.29, 1.82) is 0 Å². The zero-order valence-corrected chi connectivity index (χ0v) is 19.9. The summed E-state index contributed by atoms with van der Waals surface area (Å²) in [5.41, 5.74) is 9.94. The molecule has 2 heterocycles. The average Bonchev–Trinajstić information content (AvgIpc) is 3.22. The minimum Gasteiger partial charge on any atom is -0.493 e. The number of nitrogens with one attached hydrogen (secondary N) is 1. The molecule has 0 saturated heterocycles. The van der Waals surface area contributed by atoms with Crippen molar-refractivity contribution in [2.45, 2.75) is 57.8 Å². The van der Waals surface area contributed by atoms with Gasteiger partial charge in [0, 0.05) is 22.3 Å². The van der Waals surface area contributed by atoms with Gasteiger partial charge in [0.05, 0.1) is 11.4 Å². The van der Waals surface area contributed by atoms with Crippen molar-refractivity contribution < 1.29 is 5.11 Å². The summed E-state index contributed by atoms with van der Waals surface area (Å²) in [6.07, 6.45) is 6.60. The van der Waals surface area contributed by atoms with E-state index in [9.17, 15) is 5.11 Å². The highest BCUT2D eigenvalue weighted by molar-refractivity contribution is 5.86. The van der Waals surface area contributed by atoms with E-state index in [1.165, 1.54) is 37.2 Å². The van der Waals surface area contributed by atoms with Crippen molar-refractivity contribution in [3.63, 3.8) is 0 Å². The van der Waals surface area contributed by atoms with Gasteiger partial charge < -0.3 is 5.11 Å². The zero-order valence-electron chi connectivity index (χ0n) is 19.9. The standard InChI is InChI=1S/C30H30N3O/c1-19(2)18-30(15-6-16-30)22-11-9-21(10-12-22)27-24(20-7-4-3-5-8-20)17-25-26(31-27)14-13-23-28(25)32-33-29(23)34/h3-5,7-12,17H,6,13-16,18H2,1-2H3,(H2,32,33,34). The van der Waals surface area contributed by atoms with Crippen molar-refractivity contribution in [3.8, 4) is 39.5 Å². The van der Waals surface area contributed by atoms with Crippen LogP contribution < -0.4 is 0 Å². The van der Waals surface area contributed by atoms with Crippen LogP contribution in [0.5, 0.6) is 5.88 Å². The third kappa shape index (κ3) is 3.44. The smallest absolute Gasteiger partial charge is 0.210 e. The number of aromatic hydroxyl groups is 1. The van der Waals surface area contributed by atoms with E-state index >= 15 is 0 Å². The fraction of sp³-hybridized carbons (Fsp3) is 0.300. The average molecular weight is 449 g/mol. The minimum absolute atomic E-state index is 0.172. The van der Waals surface area contributed by atoms with E-state index in [0.29, 0.717) is 5.41 Å². The van der Waals surface area contributed by atoms with Gasteiger partial charge in [0.1, 0.15) is 5.69 Å². The lowest BCUT2D eigenvalue weighted by molar-refractivity contribution is 0.232. The maximum absolute atomic E-state index is 10.2. The summed E-state index contributed by atoms with van der Waals surface area (Å²) in [5.74, 6) is 1.68. The molecule has 0 unspecified atom stereocenters. The summed E-state index contributed by atoms with van der Waals surface area (Å²) in [6, 6.07) is 21.8. The number of aryl methyl sites for hydroxylation is 1. The second-order valence-corrected chi connectivity index (χ2v) is 10.2. The zero-order chi connectivity index (χ0) is 23.3. The van der Waals surface area contributed by atoms with Crippen LogP contribution in [0.3, 0.4) is 0 Å². The molecule has 0 bridgehead atoms. The van der Waals surface area contributed by atoms with Crippen LogP contribution >= 0.6 is 0 Å². The van der Waals surface area contributed by atoms with Gasteiger partial charge in [-0.05, 0) is 60.6 Å². The Kier molecular flexibility index (Phi) is 5.05. The van der Waals surface area contributed by atoms with Crippen LogP contribution in [0.2, 0.25) is 0 Å². The predicted octanol–water partition coefficient (Wildman–Crippen LogP) is 7.04. The molecule has 0 spiro atoms. The van der Waals surface area contributed by atoms with E-state index in [4.69, 9.17) is 4.98 Å². The van der Waals surface area contributed by atoms with Crippen LogP contribution in [-0.2, 0) is 18.3 Å². The lowest BCUT2D eigenvalue weighted by Crippen LogP contribution is -2.35.